The Hall–Kier alpha value is -3.63. The van der Waals surface area contributed by atoms with Crippen LogP contribution in [0.15, 0.2) is 30.3 Å². The molecule has 1 N–H and O–H groups in total. The fraction of sp³-hybridized carbons (Fsp3) is 0.452. The van der Waals surface area contributed by atoms with Crippen LogP contribution in [0.5, 0.6) is 0 Å². The number of hydrogen-bond acceptors (Lipinski definition) is 6. The van der Waals surface area contributed by atoms with E-state index < -0.39 is 0 Å². The molecule has 0 spiro atoms. The molecule has 0 amide bonds. The van der Waals surface area contributed by atoms with Crippen LogP contribution in [0.3, 0.4) is 0 Å². The monoisotopic (exact) mass is 512 g/mol. The number of H-pyrrole nitrogens is 1. The SMILES string of the molecule is CCOC(=O)CCCN1CCN(c2cc3c(cc2CC)C(=O)c2c([nH]c4cc(C#N)ccc24)C3(C)C)CC1. The predicted molar refractivity (Wildman–Crippen MR) is 149 cm³/mol. The number of benzene rings is 2. The molecule has 198 valence electrons. The van der Waals surface area contributed by atoms with Gasteiger partial charge in [-0.3, -0.25) is 14.5 Å². The Morgan fingerprint density at radius 2 is 1.89 bits per heavy atom. The zero-order chi connectivity index (χ0) is 27.0. The van der Waals surface area contributed by atoms with E-state index >= 15 is 0 Å². The lowest BCUT2D eigenvalue weighted by Gasteiger charge is -2.39. The van der Waals surface area contributed by atoms with Gasteiger partial charge in [-0.15, -0.1) is 0 Å². The molecule has 2 aliphatic rings. The first-order valence-corrected chi connectivity index (χ1v) is 13.7. The summed E-state index contributed by atoms with van der Waals surface area (Å²) < 4.78 is 5.05. The highest BCUT2D eigenvalue weighted by Gasteiger charge is 2.40. The van der Waals surface area contributed by atoms with Crippen LogP contribution in [0, 0.1) is 11.3 Å². The molecular weight excluding hydrogens is 476 g/mol. The fourth-order valence-electron chi connectivity index (χ4n) is 6.05. The van der Waals surface area contributed by atoms with Gasteiger partial charge < -0.3 is 14.6 Å². The van der Waals surface area contributed by atoms with Crippen molar-refractivity contribution in [3.8, 4) is 6.07 Å². The number of hydrogen-bond donors (Lipinski definition) is 1. The number of fused-ring (bicyclic) bond motifs is 4. The number of ether oxygens (including phenoxy) is 1. The van der Waals surface area contributed by atoms with Gasteiger partial charge in [0.05, 0.1) is 23.8 Å². The number of rotatable bonds is 7. The van der Waals surface area contributed by atoms with Crippen LogP contribution in [0.2, 0.25) is 0 Å². The zero-order valence-corrected chi connectivity index (χ0v) is 22.8. The molecule has 0 radical (unpaired) electrons. The second-order valence-corrected chi connectivity index (χ2v) is 10.8. The minimum atomic E-state index is -0.389. The van der Waals surface area contributed by atoms with Crippen LogP contribution in [0.1, 0.15) is 78.8 Å². The third kappa shape index (κ3) is 4.48. The van der Waals surface area contributed by atoms with Gasteiger partial charge in [0, 0.05) is 65.9 Å². The maximum atomic E-state index is 13.9. The molecule has 0 bridgehead atoms. The maximum absolute atomic E-state index is 13.9. The Morgan fingerprint density at radius 3 is 2.58 bits per heavy atom. The van der Waals surface area contributed by atoms with E-state index in [1.165, 1.54) is 11.3 Å². The first kappa shape index (κ1) is 26.0. The first-order valence-electron chi connectivity index (χ1n) is 13.7. The lowest BCUT2D eigenvalue weighted by Crippen LogP contribution is -2.47. The predicted octanol–water partition coefficient (Wildman–Crippen LogP) is 4.94. The molecule has 0 unspecified atom stereocenters. The van der Waals surface area contributed by atoms with Gasteiger partial charge in [0.25, 0.3) is 0 Å². The molecule has 0 saturated carbocycles. The number of carbonyl (C=O) groups excluding carboxylic acids is 2. The average Bonchev–Trinajstić information content (AvgIpc) is 3.32. The van der Waals surface area contributed by atoms with Crippen LogP contribution in [-0.4, -0.2) is 61.0 Å². The summed E-state index contributed by atoms with van der Waals surface area (Å²) in [5.41, 5.74) is 6.91. The highest BCUT2D eigenvalue weighted by atomic mass is 16.5. The van der Waals surface area contributed by atoms with Crippen LogP contribution in [0.4, 0.5) is 5.69 Å². The van der Waals surface area contributed by atoms with E-state index in [1.807, 2.05) is 19.1 Å². The van der Waals surface area contributed by atoms with Crippen molar-refractivity contribution in [2.75, 3.05) is 44.2 Å². The molecule has 2 heterocycles. The number of piperazine rings is 1. The summed E-state index contributed by atoms with van der Waals surface area (Å²) in [5, 5.41) is 10.2. The third-order valence-corrected chi connectivity index (χ3v) is 8.17. The van der Waals surface area contributed by atoms with Gasteiger partial charge >= 0.3 is 5.97 Å². The summed E-state index contributed by atoms with van der Waals surface area (Å²) in [6, 6.07) is 12.1. The number of esters is 1. The number of ketones is 1. The molecule has 1 saturated heterocycles. The topological polar surface area (TPSA) is 89.4 Å². The number of carbonyl (C=O) groups is 2. The Labute approximate surface area is 224 Å². The van der Waals surface area contributed by atoms with Crippen molar-refractivity contribution in [3.05, 3.63) is 63.8 Å². The van der Waals surface area contributed by atoms with E-state index in [1.54, 1.807) is 6.07 Å². The van der Waals surface area contributed by atoms with Gasteiger partial charge in [-0.05, 0) is 61.7 Å². The van der Waals surface area contributed by atoms with E-state index in [-0.39, 0.29) is 17.2 Å². The van der Waals surface area contributed by atoms with Gasteiger partial charge in [-0.1, -0.05) is 26.8 Å². The second-order valence-electron chi connectivity index (χ2n) is 10.8. The Morgan fingerprint density at radius 1 is 1.13 bits per heavy atom. The normalized spacial score (nSPS) is 16.7. The lowest BCUT2D eigenvalue weighted by atomic mass is 9.70. The Balaban J connectivity index is 1.41. The number of nitrogens with zero attached hydrogens (tertiary/aromatic N) is 3. The third-order valence-electron chi connectivity index (χ3n) is 8.17. The number of aromatic amines is 1. The first-order chi connectivity index (χ1) is 18.3. The van der Waals surface area contributed by atoms with Crippen molar-refractivity contribution in [1.29, 1.82) is 5.26 Å². The molecule has 7 heteroatoms. The average molecular weight is 513 g/mol. The molecule has 2 aromatic carbocycles. The number of aryl methyl sites for hydroxylation is 1. The number of nitrogens with one attached hydrogen (secondary N) is 1. The maximum Gasteiger partial charge on any atom is 0.305 e. The standard InChI is InChI=1S/C31H36N4O3/c1-5-21-17-23-24(18-26(21)35-14-12-34(13-15-35)11-7-8-27(36)38-6-2)31(3,4)30-28(29(23)37)22-10-9-20(19-32)16-25(22)33-30/h9-10,16-18,33H,5-8,11-15H2,1-4H3. The molecule has 1 fully saturated rings. The van der Waals surface area contributed by atoms with Crippen molar-refractivity contribution in [1.82, 2.24) is 9.88 Å². The van der Waals surface area contributed by atoms with Crippen LogP contribution in [0.25, 0.3) is 10.9 Å². The lowest BCUT2D eigenvalue weighted by molar-refractivity contribution is -0.143. The van der Waals surface area contributed by atoms with E-state index in [0.717, 1.165) is 78.9 Å². The molecule has 5 rings (SSSR count). The smallest absolute Gasteiger partial charge is 0.305 e. The van der Waals surface area contributed by atoms with Crippen molar-refractivity contribution in [2.45, 2.75) is 52.4 Å². The largest absolute Gasteiger partial charge is 0.466 e. The summed E-state index contributed by atoms with van der Waals surface area (Å²) in [5.74, 6) is -0.0634. The van der Waals surface area contributed by atoms with Gasteiger partial charge in [0.2, 0.25) is 0 Å². The molecule has 1 aliphatic carbocycles. The Kier molecular flexibility index (Phi) is 7.02. The molecule has 3 aromatic rings. The highest BCUT2D eigenvalue weighted by molar-refractivity contribution is 6.20. The van der Waals surface area contributed by atoms with Crippen molar-refractivity contribution < 1.29 is 14.3 Å². The highest BCUT2D eigenvalue weighted by Crippen LogP contribution is 2.45. The van der Waals surface area contributed by atoms with E-state index in [4.69, 9.17) is 4.74 Å². The van der Waals surface area contributed by atoms with Gasteiger partial charge in [-0.25, -0.2) is 0 Å². The summed E-state index contributed by atoms with van der Waals surface area (Å²) in [7, 11) is 0. The van der Waals surface area contributed by atoms with Crippen molar-refractivity contribution in [3.63, 3.8) is 0 Å². The molecule has 1 aliphatic heterocycles. The van der Waals surface area contributed by atoms with Crippen molar-refractivity contribution >= 4 is 28.3 Å². The summed E-state index contributed by atoms with van der Waals surface area (Å²) in [6.45, 7) is 13.4. The molecule has 1 aromatic heterocycles. The van der Waals surface area contributed by atoms with Gasteiger partial charge in [-0.2, -0.15) is 5.26 Å². The number of aromatic nitrogens is 1. The molecular formula is C31H36N4O3. The minimum absolute atomic E-state index is 0.0537. The molecule has 38 heavy (non-hydrogen) atoms. The molecule has 0 atom stereocenters. The Bertz CT molecular complexity index is 1440. The summed E-state index contributed by atoms with van der Waals surface area (Å²) in [6.07, 6.45) is 2.13. The van der Waals surface area contributed by atoms with E-state index in [2.05, 4.69) is 53.8 Å². The quantitative estimate of drug-likeness (QED) is 0.451. The van der Waals surface area contributed by atoms with Gasteiger partial charge in [0.15, 0.2) is 5.78 Å². The van der Waals surface area contributed by atoms with Crippen LogP contribution in [-0.2, 0) is 21.4 Å². The van der Waals surface area contributed by atoms with E-state index in [9.17, 15) is 14.9 Å². The number of anilines is 1. The van der Waals surface area contributed by atoms with Gasteiger partial charge in [0.1, 0.15) is 0 Å². The fourth-order valence-corrected chi connectivity index (χ4v) is 6.05. The van der Waals surface area contributed by atoms with Crippen LogP contribution >= 0.6 is 0 Å². The number of nitriles is 1. The van der Waals surface area contributed by atoms with E-state index in [0.29, 0.717) is 18.6 Å². The zero-order valence-electron chi connectivity index (χ0n) is 22.8. The van der Waals surface area contributed by atoms with Crippen molar-refractivity contribution in [2.24, 2.45) is 0 Å². The summed E-state index contributed by atoms with van der Waals surface area (Å²) >= 11 is 0. The second kappa shape index (κ2) is 10.3. The summed E-state index contributed by atoms with van der Waals surface area (Å²) in [4.78, 5) is 33.9. The minimum Gasteiger partial charge on any atom is -0.466 e. The van der Waals surface area contributed by atoms with Crippen LogP contribution < -0.4 is 4.90 Å². The molecule has 7 nitrogen and oxygen atoms in total.